The molecule has 0 radical (unpaired) electrons. The number of carbonyl (C=O) groups excluding carboxylic acids is 2. The van der Waals surface area contributed by atoms with Gasteiger partial charge >= 0.3 is 0 Å². The van der Waals surface area contributed by atoms with Crippen molar-refractivity contribution in [3.63, 3.8) is 0 Å². The Hall–Kier alpha value is -3.18. The minimum atomic E-state index is -3.59. The summed E-state index contributed by atoms with van der Waals surface area (Å²) in [5, 5.41) is 3.71. The standard InChI is InChI=1S/C30H32Cl2N4O5S/c1-17(23-11-7-13-26(37)34-23)33-29(38)27-19-8-3-4-9-20(19)30(39)36(28(27)21-15-14-18(31)16-22(21)32)25-12-6-5-10-24(25)35-42(2,40)41/h3-4,7-9,11,13-17,24-25,27-28,35H,5-6,10,12H2,1-2H3,(H,33,38)(H,34,37)/t17?,24-,25-,27+,28-/m0/s1. The number of carbonyl (C=O) groups is 2. The largest absolute Gasteiger partial charge is 0.347 e. The van der Waals surface area contributed by atoms with Crippen LogP contribution in [0.5, 0.6) is 0 Å². The Morgan fingerprint density at radius 3 is 2.45 bits per heavy atom. The van der Waals surface area contributed by atoms with Gasteiger partial charge in [0.1, 0.15) is 0 Å². The van der Waals surface area contributed by atoms with Crippen molar-refractivity contribution in [2.24, 2.45) is 0 Å². The summed E-state index contributed by atoms with van der Waals surface area (Å²) in [7, 11) is -3.59. The maximum atomic E-state index is 14.3. The van der Waals surface area contributed by atoms with Crippen LogP contribution in [0.4, 0.5) is 0 Å². The summed E-state index contributed by atoms with van der Waals surface area (Å²) in [6.07, 6.45) is 3.77. The predicted octanol–water partition coefficient (Wildman–Crippen LogP) is 4.70. The Kier molecular flexibility index (Phi) is 8.80. The molecule has 0 spiro atoms. The zero-order chi connectivity index (χ0) is 30.2. The van der Waals surface area contributed by atoms with E-state index in [0.29, 0.717) is 40.2 Å². The molecule has 9 nitrogen and oxygen atoms in total. The molecule has 12 heteroatoms. The van der Waals surface area contributed by atoms with Gasteiger partial charge in [-0.1, -0.05) is 66.4 Å². The molecule has 1 saturated carbocycles. The predicted molar refractivity (Wildman–Crippen MR) is 162 cm³/mol. The first-order valence-electron chi connectivity index (χ1n) is 13.8. The van der Waals surface area contributed by atoms with E-state index >= 15 is 0 Å². The van der Waals surface area contributed by atoms with E-state index in [1.165, 1.54) is 6.07 Å². The van der Waals surface area contributed by atoms with Crippen molar-refractivity contribution < 1.29 is 18.0 Å². The molecule has 1 aliphatic carbocycles. The van der Waals surface area contributed by atoms with Gasteiger partial charge in [-0.2, -0.15) is 0 Å². The zero-order valence-corrected chi connectivity index (χ0v) is 25.5. The number of H-pyrrole nitrogens is 1. The van der Waals surface area contributed by atoms with Crippen LogP contribution in [0.2, 0.25) is 10.0 Å². The molecular weight excluding hydrogens is 599 g/mol. The Bertz CT molecular complexity index is 1680. The maximum absolute atomic E-state index is 14.3. The number of aromatic amines is 1. The number of rotatable bonds is 7. The number of sulfonamides is 1. The SMILES string of the molecule is CC(NC(=O)[C@@H]1c2ccccc2C(=O)N([C@H]2CCCC[C@@H]2NS(C)(=O)=O)[C@H]1c1ccc(Cl)cc1Cl)c1cccc(=O)[nH]1. The fraction of sp³-hybridized carbons (Fsp3) is 0.367. The van der Waals surface area contributed by atoms with Crippen LogP contribution in [0.25, 0.3) is 0 Å². The fourth-order valence-electron chi connectivity index (χ4n) is 6.23. The summed E-state index contributed by atoms with van der Waals surface area (Å²) in [5.41, 5.74) is 1.65. The third-order valence-corrected chi connectivity index (χ3v) is 9.30. The molecule has 2 aliphatic rings. The van der Waals surface area contributed by atoms with Crippen molar-refractivity contribution in [2.75, 3.05) is 6.26 Å². The summed E-state index contributed by atoms with van der Waals surface area (Å²) in [6.45, 7) is 1.76. The highest BCUT2D eigenvalue weighted by Gasteiger charge is 2.49. The molecule has 42 heavy (non-hydrogen) atoms. The maximum Gasteiger partial charge on any atom is 0.255 e. The van der Waals surface area contributed by atoms with Crippen molar-refractivity contribution >= 4 is 45.0 Å². The third kappa shape index (κ3) is 6.27. The van der Waals surface area contributed by atoms with E-state index in [0.717, 1.165) is 19.1 Å². The number of amides is 2. The quantitative estimate of drug-likeness (QED) is 0.349. The van der Waals surface area contributed by atoms with Crippen LogP contribution in [-0.4, -0.2) is 48.5 Å². The number of hydrogen-bond acceptors (Lipinski definition) is 5. The lowest BCUT2D eigenvalue weighted by Crippen LogP contribution is -2.59. The number of pyridine rings is 1. The van der Waals surface area contributed by atoms with E-state index in [2.05, 4.69) is 15.0 Å². The van der Waals surface area contributed by atoms with Crippen LogP contribution >= 0.6 is 23.2 Å². The zero-order valence-electron chi connectivity index (χ0n) is 23.1. The Morgan fingerprint density at radius 1 is 1.00 bits per heavy atom. The highest BCUT2D eigenvalue weighted by molar-refractivity contribution is 7.88. The summed E-state index contributed by atoms with van der Waals surface area (Å²) in [5.74, 6) is -1.59. The van der Waals surface area contributed by atoms with Gasteiger partial charge in [-0.05, 0) is 55.2 Å². The first-order chi connectivity index (χ1) is 19.9. The topological polar surface area (TPSA) is 128 Å². The van der Waals surface area contributed by atoms with Crippen LogP contribution in [0.3, 0.4) is 0 Å². The number of nitrogens with one attached hydrogen (secondary N) is 3. The molecule has 3 aromatic rings. The second-order valence-corrected chi connectivity index (χ2v) is 13.6. The number of halogens is 2. The lowest BCUT2D eigenvalue weighted by Gasteiger charge is -2.49. The van der Waals surface area contributed by atoms with Gasteiger partial charge in [0.15, 0.2) is 0 Å². The minimum Gasteiger partial charge on any atom is -0.347 e. The van der Waals surface area contributed by atoms with Gasteiger partial charge in [0.05, 0.1) is 24.3 Å². The third-order valence-electron chi connectivity index (χ3n) is 8.01. The molecule has 2 amide bonds. The Balaban J connectivity index is 1.67. The summed E-state index contributed by atoms with van der Waals surface area (Å²) in [4.78, 5) is 45.0. The van der Waals surface area contributed by atoms with Gasteiger partial charge in [0.2, 0.25) is 21.5 Å². The van der Waals surface area contributed by atoms with Crippen LogP contribution in [0, 0.1) is 0 Å². The van der Waals surface area contributed by atoms with Crippen molar-refractivity contribution in [1.82, 2.24) is 19.9 Å². The van der Waals surface area contributed by atoms with E-state index in [-0.39, 0.29) is 22.4 Å². The monoisotopic (exact) mass is 630 g/mol. The lowest BCUT2D eigenvalue weighted by atomic mass is 9.76. The van der Waals surface area contributed by atoms with Crippen molar-refractivity contribution in [2.45, 2.75) is 62.7 Å². The van der Waals surface area contributed by atoms with Crippen LogP contribution in [0.1, 0.15) is 77.8 Å². The number of aromatic nitrogens is 1. The second-order valence-electron chi connectivity index (χ2n) is 10.9. The summed E-state index contributed by atoms with van der Waals surface area (Å²) >= 11 is 13.0. The summed E-state index contributed by atoms with van der Waals surface area (Å²) < 4.78 is 27.5. The van der Waals surface area contributed by atoms with E-state index in [4.69, 9.17) is 23.2 Å². The molecule has 1 aliphatic heterocycles. The smallest absolute Gasteiger partial charge is 0.255 e. The second kappa shape index (κ2) is 12.2. The van der Waals surface area contributed by atoms with E-state index < -0.39 is 40.1 Å². The van der Waals surface area contributed by atoms with E-state index in [9.17, 15) is 22.8 Å². The molecule has 5 atom stereocenters. The molecule has 1 unspecified atom stereocenters. The molecule has 2 aromatic carbocycles. The lowest BCUT2D eigenvalue weighted by molar-refractivity contribution is -0.125. The van der Waals surface area contributed by atoms with E-state index in [1.54, 1.807) is 66.4 Å². The first kappa shape index (κ1) is 30.3. The molecule has 1 fully saturated rings. The van der Waals surface area contributed by atoms with E-state index in [1.807, 2.05) is 0 Å². The molecule has 2 heterocycles. The average molecular weight is 632 g/mol. The fourth-order valence-corrected chi connectivity index (χ4v) is 7.57. The molecular formula is C30H32Cl2N4O5S. The number of nitrogens with zero attached hydrogens (tertiary/aromatic N) is 1. The van der Waals surface area contributed by atoms with Crippen LogP contribution in [-0.2, 0) is 14.8 Å². The van der Waals surface area contributed by atoms with Crippen LogP contribution in [0.15, 0.2) is 65.5 Å². The van der Waals surface area contributed by atoms with Crippen LogP contribution < -0.4 is 15.6 Å². The normalized spacial score (nSPS) is 23.2. The molecule has 0 bridgehead atoms. The van der Waals surface area contributed by atoms with Gasteiger partial charge in [-0.25, -0.2) is 13.1 Å². The minimum absolute atomic E-state index is 0.284. The number of fused-ring (bicyclic) bond motifs is 1. The molecule has 5 rings (SSSR count). The van der Waals surface area contributed by atoms with Gasteiger partial charge in [-0.15, -0.1) is 0 Å². The van der Waals surface area contributed by atoms with Gasteiger partial charge in [0, 0.05) is 39.5 Å². The van der Waals surface area contributed by atoms with Gasteiger partial charge in [0.25, 0.3) is 5.91 Å². The first-order valence-corrected chi connectivity index (χ1v) is 16.4. The molecule has 3 N–H and O–H groups in total. The van der Waals surface area contributed by atoms with Gasteiger partial charge in [-0.3, -0.25) is 14.4 Å². The number of hydrogen-bond donors (Lipinski definition) is 3. The van der Waals surface area contributed by atoms with Gasteiger partial charge < -0.3 is 15.2 Å². The summed E-state index contributed by atoms with van der Waals surface area (Å²) in [6, 6.07) is 14.1. The molecule has 1 aromatic heterocycles. The highest BCUT2D eigenvalue weighted by atomic mass is 35.5. The highest BCUT2D eigenvalue weighted by Crippen LogP contribution is 2.48. The van der Waals surface area contributed by atoms with Crippen molar-refractivity contribution in [3.8, 4) is 0 Å². The Morgan fingerprint density at radius 2 is 1.74 bits per heavy atom. The molecule has 222 valence electrons. The Labute approximate surface area is 254 Å². The number of benzene rings is 2. The average Bonchev–Trinajstić information content (AvgIpc) is 2.93. The van der Waals surface area contributed by atoms with Crippen molar-refractivity contribution in [3.05, 3.63) is 103 Å². The van der Waals surface area contributed by atoms with Crippen molar-refractivity contribution in [1.29, 1.82) is 0 Å². The molecule has 0 saturated heterocycles.